The van der Waals surface area contributed by atoms with Gasteiger partial charge in [0.2, 0.25) is 11.0 Å². The Kier molecular flexibility index (Phi) is 4.68. The van der Waals surface area contributed by atoms with Crippen molar-refractivity contribution in [2.45, 2.75) is 19.4 Å². The Morgan fingerprint density at radius 1 is 1.57 bits per heavy atom. The van der Waals surface area contributed by atoms with Crippen molar-refractivity contribution in [3.8, 4) is 0 Å². The average Bonchev–Trinajstić information content (AvgIpc) is 2.86. The number of aryl methyl sites for hydroxylation is 1. The van der Waals surface area contributed by atoms with Gasteiger partial charge in [0, 0.05) is 24.6 Å². The average molecular weight is 313 g/mol. The Morgan fingerprint density at radius 2 is 2.33 bits per heavy atom. The van der Waals surface area contributed by atoms with Crippen LogP contribution in [0.4, 0.5) is 9.93 Å². The number of hydrogen-bond donors (Lipinski definition) is 2. The summed E-state index contributed by atoms with van der Waals surface area (Å²) in [5.41, 5.74) is 0. The Balaban J connectivity index is 2.08. The number of nitrogens with one attached hydrogen (secondary N) is 2. The van der Waals surface area contributed by atoms with Crippen molar-refractivity contribution in [1.82, 2.24) is 19.6 Å². The third-order valence-electron chi connectivity index (χ3n) is 2.92. The quantitative estimate of drug-likeness (QED) is 0.743. The predicted molar refractivity (Wildman–Crippen MR) is 73.8 cm³/mol. The third-order valence-corrected chi connectivity index (χ3v) is 3.64. The van der Waals surface area contributed by atoms with E-state index < -0.39 is 18.0 Å². The van der Waals surface area contributed by atoms with Crippen LogP contribution < -0.4 is 10.6 Å². The van der Waals surface area contributed by atoms with Gasteiger partial charge in [0.05, 0.1) is 13.5 Å². The molecule has 0 bridgehead atoms. The molecule has 1 fully saturated rings. The minimum atomic E-state index is -0.889. The van der Waals surface area contributed by atoms with Gasteiger partial charge < -0.3 is 15.0 Å². The summed E-state index contributed by atoms with van der Waals surface area (Å²) < 4.78 is 8.51. The number of anilines is 1. The second kappa shape index (κ2) is 6.48. The van der Waals surface area contributed by atoms with E-state index in [1.54, 1.807) is 6.92 Å². The van der Waals surface area contributed by atoms with Crippen molar-refractivity contribution in [2.24, 2.45) is 0 Å². The second-order valence-electron chi connectivity index (χ2n) is 4.36. The molecular formula is C11H15N5O4S. The third kappa shape index (κ3) is 3.66. The van der Waals surface area contributed by atoms with Crippen molar-refractivity contribution in [2.75, 3.05) is 25.5 Å². The lowest BCUT2D eigenvalue weighted by Gasteiger charge is -2.34. The highest BCUT2D eigenvalue weighted by Gasteiger charge is 2.35. The fraction of sp³-hybridized carbons (Fsp3) is 0.545. The topological polar surface area (TPSA) is 114 Å². The van der Waals surface area contributed by atoms with Crippen molar-refractivity contribution in [1.29, 1.82) is 0 Å². The summed E-state index contributed by atoms with van der Waals surface area (Å²) in [7, 11) is 1.23. The molecule has 2 N–H and O–H groups in total. The van der Waals surface area contributed by atoms with Gasteiger partial charge in [-0.3, -0.25) is 14.9 Å². The highest BCUT2D eigenvalue weighted by molar-refractivity contribution is 7.09. The molecule has 0 spiro atoms. The van der Waals surface area contributed by atoms with Crippen LogP contribution in [0.2, 0.25) is 0 Å². The molecule has 3 amide bonds. The lowest BCUT2D eigenvalue weighted by atomic mass is 10.1. The summed E-state index contributed by atoms with van der Waals surface area (Å²) in [6.07, 6.45) is -0.190. The molecule has 1 aliphatic rings. The first-order chi connectivity index (χ1) is 10.0. The van der Waals surface area contributed by atoms with Crippen LogP contribution in [0.3, 0.4) is 0 Å². The van der Waals surface area contributed by atoms with E-state index in [9.17, 15) is 14.4 Å². The number of nitrogens with zero attached hydrogens (tertiary/aromatic N) is 3. The van der Waals surface area contributed by atoms with Crippen LogP contribution in [0, 0.1) is 6.92 Å². The van der Waals surface area contributed by atoms with Crippen LogP contribution in [-0.4, -0.2) is 58.4 Å². The molecule has 1 aromatic heterocycles. The number of carbonyl (C=O) groups is 3. The van der Waals surface area contributed by atoms with E-state index in [1.807, 2.05) is 0 Å². The van der Waals surface area contributed by atoms with Gasteiger partial charge in [-0.15, -0.1) is 0 Å². The Bertz CT molecular complexity index is 561. The lowest BCUT2D eigenvalue weighted by Crippen LogP contribution is -2.58. The monoisotopic (exact) mass is 313 g/mol. The van der Waals surface area contributed by atoms with Crippen LogP contribution >= 0.6 is 11.5 Å². The number of methoxy groups -OCH3 is 1. The first-order valence-corrected chi connectivity index (χ1v) is 7.01. The van der Waals surface area contributed by atoms with E-state index in [2.05, 4.69) is 24.7 Å². The standard InChI is InChI=1S/C11H15N5O4S/c1-6-13-10(21-15-6)14-11(19)16-4-3-12-9(18)7(16)5-8(17)20-2/h7H,3-5H2,1-2H3,(H,12,18)(H,13,14,15,19). The molecule has 1 saturated heterocycles. The summed E-state index contributed by atoms with van der Waals surface area (Å²) in [6, 6.07) is -1.38. The highest BCUT2D eigenvalue weighted by Crippen LogP contribution is 2.15. The largest absolute Gasteiger partial charge is 0.469 e. The van der Waals surface area contributed by atoms with Gasteiger partial charge in [0.1, 0.15) is 11.9 Å². The Morgan fingerprint density at radius 3 is 2.95 bits per heavy atom. The number of piperazine rings is 1. The van der Waals surface area contributed by atoms with Gasteiger partial charge in [-0.25, -0.2) is 9.78 Å². The summed E-state index contributed by atoms with van der Waals surface area (Å²) in [5.74, 6) is -0.380. The predicted octanol–water partition coefficient (Wildman–Crippen LogP) is -0.258. The molecule has 10 heteroatoms. The van der Waals surface area contributed by atoms with Crippen LogP contribution in [0.15, 0.2) is 0 Å². The number of amides is 3. The molecule has 0 radical (unpaired) electrons. The molecule has 0 saturated carbocycles. The number of esters is 1. The van der Waals surface area contributed by atoms with E-state index in [-0.39, 0.29) is 12.3 Å². The fourth-order valence-corrected chi connectivity index (χ4v) is 2.48. The Labute approximate surface area is 124 Å². The Hall–Kier alpha value is -2.23. The molecule has 1 aromatic rings. The number of ether oxygens (including phenoxy) is 1. The van der Waals surface area contributed by atoms with Gasteiger partial charge in [-0.2, -0.15) is 4.37 Å². The number of hydrogen-bond acceptors (Lipinski definition) is 7. The van der Waals surface area contributed by atoms with Gasteiger partial charge in [0.25, 0.3) is 0 Å². The molecule has 114 valence electrons. The number of rotatable bonds is 3. The first-order valence-electron chi connectivity index (χ1n) is 6.23. The van der Waals surface area contributed by atoms with Gasteiger partial charge >= 0.3 is 12.0 Å². The maximum atomic E-state index is 12.2. The van der Waals surface area contributed by atoms with Crippen molar-refractivity contribution in [3.05, 3.63) is 5.82 Å². The number of aromatic nitrogens is 2. The number of urea groups is 1. The molecular weight excluding hydrogens is 298 g/mol. The van der Waals surface area contributed by atoms with E-state index in [1.165, 1.54) is 12.0 Å². The van der Waals surface area contributed by atoms with Crippen LogP contribution in [0.25, 0.3) is 0 Å². The smallest absolute Gasteiger partial charge is 0.324 e. The lowest BCUT2D eigenvalue weighted by molar-refractivity contribution is -0.145. The summed E-state index contributed by atoms with van der Waals surface area (Å²) in [5, 5.41) is 5.54. The number of carbonyl (C=O) groups excluding carboxylic acids is 3. The van der Waals surface area contributed by atoms with E-state index >= 15 is 0 Å². The second-order valence-corrected chi connectivity index (χ2v) is 5.11. The molecule has 2 heterocycles. The molecule has 2 rings (SSSR count). The zero-order chi connectivity index (χ0) is 15.4. The van der Waals surface area contributed by atoms with E-state index in [0.29, 0.717) is 24.0 Å². The molecule has 1 atom stereocenters. The van der Waals surface area contributed by atoms with Crippen molar-refractivity contribution < 1.29 is 19.1 Å². The molecule has 21 heavy (non-hydrogen) atoms. The van der Waals surface area contributed by atoms with Crippen molar-refractivity contribution in [3.63, 3.8) is 0 Å². The van der Waals surface area contributed by atoms with Crippen molar-refractivity contribution >= 4 is 34.6 Å². The SMILES string of the molecule is COC(=O)CC1C(=O)NCCN1C(=O)Nc1nc(C)ns1. The van der Waals surface area contributed by atoms with Crippen LogP contribution in [-0.2, 0) is 14.3 Å². The summed E-state index contributed by atoms with van der Waals surface area (Å²) >= 11 is 1.05. The normalized spacial score (nSPS) is 18.1. The van der Waals surface area contributed by atoms with E-state index in [0.717, 1.165) is 11.5 Å². The molecule has 1 unspecified atom stereocenters. The highest BCUT2D eigenvalue weighted by atomic mass is 32.1. The molecule has 0 aliphatic carbocycles. The van der Waals surface area contributed by atoms with E-state index in [4.69, 9.17) is 0 Å². The molecule has 9 nitrogen and oxygen atoms in total. The summed E-state index contributed by atoms with van der Waals surface area (Å²) in [6.45, 7) is 2.34. The van der Waals surface area contributed by atoms with Crippen LogP contribution in [0.1, 0.15) is 12.2 Å². The summed E-state index contributed by atoms with van der Waals surface area (Å²) in [4.78, 5) is 40.8. The fourth-order valence-electron chi connectivity index (χ4n) is 1.91. The zero-order valence-corrected chi connectivity index (χ0v) is 12.4. The van der Waals surface area contributed by atoms with Gasteiger partial charge in [0.15, 0.2) is 0 Å². The minimum Gasteiger partial charge on any atom is -0.469 e. The first kappa shape index (κ1) is 15.2. The van der Waals surface area contributed by atoms with Gasteiger partial charge in [-0.1, -0.05) is 0 Å². The van der Waals surface area contributed by atoms with Crippen LogP contribution in [0.5, 0.6) is 0 Å². The van der Waals surface area contributed by atoms with Gasteiger partial charge in [-0.05, 0) is 6.92 Å². The zero-order valence-electron chi connectivity index (χ0n) is 11.6. The maximum Gasteiger partial charge on any atom is 0.324 e. The molecule has 0 aromatic carbocycles. The maximum absolute atomic E-state index is 12.2. The minimum absolute atomic E-state index is 0.190. The molecule has 1 aliphatic heterocycles.